The molecule has 23 heavy (non-hydrogen) atoms. The van der Waals surface area contributed by atoms with Crippen LogP contribution in [0.4, 0.5) is 5.82 Å². The highest BCUT2D eigenvalue weighted by molar-refractivity contribution is 5.90. The summed E-state index contributed by atoms with van der Waals surface area (Å²) in [6, 6.07) is 1.30. The van der Waals surface area contributed by atoms with E-state index in [1.165, 1.54) is 44.3 Å². The average Bonchev–Trinajstić information content (AvgIpc) is 2.99. The maximum atomic E-state index is 4.48. The number of nitrogens with zero attached hydrogens (tertiary/aromatic N) is 3. The Morgan fingerprint density at radius 2 is 1.91 bits per heavy atom. The van der Waals surface area contributed by atoms with E-state index in [-0.39, 0.29) is 0 Å². The van der Waals surface area contributed by atoms with Crippen LogP contribution >= 0.6 is 0 Å². The van der Waals surface area contributed by atoms with Gasteiger partial charge in [-0.25, -0.2) is 9.97 Å². The Morgan fingerprint density at radius 1 is 1.13 bits per heavy atom. The van der Waals surface area contributed by atoms with E-state index in [4.69, 9.17) is 0 Å². The largest absolute Gasteiger partial charge is 0.367 e. The van der Waals surface area contributed by atoms with Crippen molar-refractivity contribution in [3.63, 3.8) is 0 Å². The van der Waals surface area contributed by atoms with Gasteiger partial charge in [-0.1, -0.05) is 0 Å². The van der Waals surface area contributed by atoms with Gasteiger partial charge in [0, 0.05) is 44.5 Å². The molecule has 4 rings (SSSR count). The Balaban J connectivity index is 1.40. The maximum absolute atomic E-state index is 4.48. The minimum Gasteiger partial charge on any atom is -0.367 e. The van der Waals surface area contributed by atoms with Crippen molar-refractivity contribution in [1.29, 1.82) is 0 Å². The van der Waals surface area contributed by atoms with E-state index in [1.807, 2.05) is 6.20 Å². The molecule has 124 valence electrons. The fourth-order valence-corrected chi connectivity index (χ4v) is 4.05. The summed E-state index contributed by atoms with van der Waals surface area (Å²) in [7, 11) is 0. The van der Waals surface area contributed by atoms with Gasteiger partial charge in [0.15, 0.2) is 0 Å². The van der Waals surface area contributed by atoms with Crippen LogP contribution in [0.5, 0.6) is 0 Å². The van der Waals surface area contributed by atoms with Gasteiger partial charge in [-0.3, -0.25) is 4.90 Å². The molecule has 3 heterocycles. The molecular weight excluding hydrogens is 288 g/mol. The van der Waals surface area contributed by atoms with Gasteiger partial charge in [0.2, 0.25) is 0 Å². The first kappa shape index (κ1) is 14.9. The number of aromatic nitrogens is 3. The Kier molecular flexibility index (Phi) is 4.18. The van der Waals surface area contributed by atoms with E-state index >= 15 is 0 Å². The Bertz CT molecular complexity index is 652. The van der Waals surface area contributed by atoms with Crippen LogP contribution in [0.2, 0.25) is 0 Å². The van der Waals surface area contributed by atoms with Gasteiger partial charge >= 0.3 is 0 Å². The molecule has 0 spiro atoms. The van der Waals surface area contributed by atoms with Crippen molar-refractivity contribution in [1.82, 2.24) is 25.2 Å². The molecule has 2 aromatic rings. The van der Waals surface area contributed by atoms with Crippen LogP contribution in [0.3, 0.4) is 0 Å². The lowest BCUT2D eigenvalue weighted by Gasteiger charge is -2.39. The summed E-state index contributed by atoms with van der Waals surface area (Å²) in [6.07, 6.45) is 8.68. The number of fused-ring (bicyclic) bond motifs is 1. The van der Waals surface area contributed by atoms with Crippen molar-refractivity contribution >= 4 is 16.9 Å². The molecule has 0 atom stereocenters. The maximum Gasteiger partial charge on any atom is 0.143 e. The van der Waals surface area contributed by atoms with E-state index in [2.05, 4.69) is 37.4 Å². The predicted molar refractivity (Wildman–Crippen MR) is 92.7 cm³/mol. The van der Waals surface area contributed by atoms with Crippen molar-refractivity contribution in [2.45, 2.75) is 44.7 Å². The second kappa shape index (κ2) is 6.45. The molecule has 0 radical (unpaired) electrons. The predicted octanol–water partition coefficient (Wildman–Crippen LogP) is 1.89. The van der Waals surface area contributed by atoms with Gasteiger partial charge in [-0.15, -0.1) is 0 Å². The van der Waals surface area contributed by atoms with Crippen molar-refractivity contribution in [3.05, 3.63) is 18.1 Å². The third-order valence-corrected chi connectivity index (χ3v) is 5.37. The standard InChI is InChI=1S/C17H26N6/c1-12-10-19-16-15(12)17(21-11-20-16)22-13-2-4-14(5-3-13)23-8-6-18-7-9-23/h10-11,13-14,18H,2-9H2,1H3,(H2,19,20,21,22)/t13-,14-. The smallest absolute Gasteiger partial charge is 0.143 e. The van der Waals surface area contributed by atoms with Gasteiger partial charge in [0.05, 0.1) is 5.39 Å². The number of H-pyrrole nitrogens is 1. The number of hydrogen-bond acceptors (Lipinski definition) is 5. The van der Waals surface area contributed by atoms with Gasteiger partial charge in [0.25, 0.3) is 0 Å². The number of nitrogens with one attached hydrogen (secondary N) is 3. The topological polar surface area (TPSA) is 68.9 Å². The number of rotatable bonds is 3. The van der Waals surface area contributed by atoms with Crippen molar-refractivity contribution in [2.24, 2.45) is 0 Å². The highest BCUT2D eigenvalue weighted by Gasteiger charge is 2.27. The van der Waals surface area contributed by atoms with Crippen LogP contribution in [-0.4, -0.2) is 58.1 Å². The average molecular weight is 314 g/mol. The fourth-order valence-electron chi connectivity index (χ4n) is 4.05. The molecular formula is C17H26N6. The van der Waals surface area contributed by atoms with Crippen LogP contribution in [0.25, 0.3) is 11.0 Å². The van der Waals surface area contributed by atoms with E-state index < -0.39 is 0 Å². The summed E-state index contributed by atoms with van der Waals surface area (Å²) in [5, 5.41) is 8.25. The summed E-state index contributed by atoms with van der Waals surface area (Å²) in [6.45, 7) is 6.80. The first-order valence-electron chi connectivity index (χ1n) is 8.81. The first-order chi connectivity index (χ1) is 11.3. The molecule has 2 fully saturated rings. The zero-order chi connectivity index (χ0) is 15.6. The van der Waals surface area contributed by atoms with E-state index in [0.29, 0.717) is 6.04 Å². The lowest BCUT2D eigenvalue weighted by Crippen LogP contribution is -2.50. The molecule has 0 amide bonds. The third kappa shape index (κ3) is 3.05. The van der Waals surface area contributed by atoms with Gasteiger partial charge in [-0.05, 0) is 38.2 Å². The molecule has 0 unspecified atom stereocenters. The zero-order valence-corrected chi connectivity index (χ0v) is 13.8. The minimum absolute atomic E-state index is 0.529. The molecule has 3 N–H and O–H groups in total. The molecule has 1 saturated carbocycles. The third-order valence-electron chi connectivity index (χ3n) is 5.37. The molecule has 1 saturated heterocycles. The van der Waals surface area contributed by atoms with Gasteiger partial charge < -0.3 is 15.6 Å². The molecule has 1 aliphatic heterocycles. The van der Waals surface area contributed by atoms with E-state index in [9.17, 15) is 0 Å². The summed E-state index contributed by atoms with van der Waals surface area (Å²) >= 11 is 0. The lowest BCUT2D eigenvalue weighted by atomic mass is 9.89. The number of aryl methyl sites for hydroxylation is 1. The van der Waals surface area contributed by atoms with Crippen LogP contribution in [-0.2, 0) is 0 Å². The molecule has 6 heteroatoms. The van der Waals surface area contributed by atoms with Crippen molar-refractivity contribution in [2.75, 3.05) is 31.5 Å². The summed E-state index contributed by atoms with van der Waals surface area (Å²) in [5.41, 5.74) is 2.13. The molecule has 2 aromatic heterocycles. The monoisotopic (exact) mass is 314 g/mol. The second-order valence-corrected chi connectivity index (χ2v) is 6.85. The highest BCUT2D eigenvalue weighted by Crippen LogP contribution is 2.28. The number of piperazine rings is 1. The molecule has 0 bridgehead atoms. The quantitative estimate of drug-likeness (QED) is 0.807. The normalized spacial score (nSPS) is 26.5. The number of aromatic amines is 1. The van der Waals surface area contributed by atoms with Gasteiger partial charge in [0.1, 0.15) is 17.8 Å². The Labute approximate surface area is 137 Å². The zero-order valence-electron chi connectivity index (χ0n) is 13.8. The van der Waals surface area contributed by atoms with Crippen LogP contribution in [0.1, 0.15) is 31.2 Å². The molecule has 1 aliphatic carbocycles. The van der Waals surface area contributed by atoms with Crippen molar-refractivity contribution in [3.8, 4) is 0 Å². The minimum atomic E-state index is 0.529. The first-order valence-corrected chi connectivity index (χ1v) is 8.81. The van der Waals surface area contributed by atoms with Crippen molar-refractivity contribution < 1.29 is 0 Å². The fraction of sp³-hybridized carbons (Fsp3) is 0.647. The van der Waals surface area contributed by atoms with Crippen LogP contribution in [0.15, 0.2) is 12.5 Å². The van der Waals surface area contributed by atoms with Crippen LogP contribution in [0, 0.1) is 6.92 Å². The Hall–Kier alpha value is -1.66. The summed E-state index contributed by atoms with van der Waals surface area (Å²) in [5.74, 6) is 0.986. The molecule has 6 nitrogen and oxygen atoms in total. The lowest BCUT2D eigenvalue weighted by molar-refractivity contribution is 0.135. The van der Waals surface area contributed by atoms with Crippen LogP contribution < -0.4 is 10.6 Å². The summed E-state index contributed by atoms with van der Waals surface area (Å²) < 4.78 is 0. The van der Waals surface area contributed by atoms with E-state index in [0.717, 1.165) is 36.0 Å². The Morgan fingerprint density at radius 3 is 2.70 bits per heavy atom. The van der Waals surface area contributed by atoms with Gasteiger partial charge in [-0.2, -0.15) is 0 Å². The highest BCUT2D eigenvalue weighted by atomic mass is 15.2. The SMILES string of the molecule is Cc1c[nH]c2ncnc(N[C@H]3CC[C@H](N4CCNCC4)CC3)c12. The molecule has 0 aromatic carbocycles. The summed E-state index contributed by atoms with van der Waals surface area (Å²) in [4.78, 5) is 14.7. The number of hydrogen-bond donors (Lipinski definition) is 3. The second-order valence-electron chi connectivity index (χ2n) is 6.85. The van der Waals surface area contributed by atoms with E-state index in [1.54, 1.807) is 6.33 Å². The number of anilines is 1. The molecule has 2 aliphatic rings.